The Morgan fingerprint density at radius 1 is 1.03 bits per heavy atom. The summed E-state index contributed by atoms with van der Waals surface area (Å²) in [5.74, 6) is 2.45. The molecule has 1 atom stereocenters. The molecule has 6 heteroatoms. The molecule has 1 amide bonds. The first-order valence-electron chi connectivity index (χ1n) is 9.98. The Morgan fingerprint density at radius 2 is 1.87 bits per heavy atom. The van der Waals surface area contributed by atoms with Crippen LogP contribution in [0.15, 0.2) is 72.9 Å². The Bertz CT molecular complexity index is 993. The lowest BCUT2D eigenvalue weighted by Gasteiger charge is -2.25. The van der Waals surface area contributed by atoms with Crippen LogP contribution < -0.4 is 14.2 Å². The molecule has 3 aromatic rings. The minimum absolute atomic E-state index is 0.0203. The van der Waals surface area contributed by atoms with Gasteiger partial charge in [-0.3, -0.25) is 4.79 Å². The lowest BCUT2D eigenvalue weighted by atomic mass is 10.0. The third-order valence-corrected chi connectivity index (χ3v) is 5.08. The molecule has 154 valence electrons. The van der Waals surface area contributed by atoms with Crippen LogP contribution in [0.4, 0.5) is 0 Å². The van der Waals surface area contributed by atoms with Gasteiger partial charge < -0.3 is 19.1 Å². The van der Waals surface area contributed by atoms with Crippen LogP contribution in [0.25, 0.3) is 0 Å². The zero-order valence-electron chi connectivity index (χ0n) is 16.9. The summed E-state index contributed by atoms with van der Waals surface area (Å²) in [6.45, 7) is 0.709. The Hall–Kier alpha value is -3.54. The molecule has 0 bridgehead atoms. The van der Waals surface area contributed by atoms with Crippen LogP contribution in [0.5, 0.6) is 23.1 Å². The summed E-state index contributed by atoms with van der Waals surface area (Å²) in [7, 11) is 1.65. The van der Waals surface area contributed by atoms with Gasteiger partial charge in [-0.25, -0.2) is 4.98 Å². The molecule has 4 rings (SSSR count). The third kappa shape index (κ3) is 4.71. The SMILES string of the molecule is COc1cccc([C@@H]2CCCN2C(=O)COc2cccc(Oc3ccccn3)c2)c1. The molecule has 0 radical (unpaired) electrons. The molecule has 1 fully saturated rings. The molecule has 0 aliphatic carbocycles. The van der Waals surface area contributed by atoms with Crippen molar-refractivity contribution in [1.82, 2.24) is 9.88 Å². The van der Waals surface area contributed by atoms with E-state index in [0.29, 0.717) is 17.4 Å². The normalized spacial score (nSPS) is 15.6. The van der Waals surface area contributed by atoms with Gasteiger partial charge in [-0.1, -0.05) is 24.3 Å². The van der Waals surface area contributed by atoms with Crippen molar-refractivity contribution in [2.45, 2.75) is 18.9 Å². The second kappa shape index (κ2) is 9.31. The second-order valence-electron chi connectivity index (χ2n) is 7.06. The van der Waals surface area contributed by atoms with E-state index in [0.717, 1.165) is 30.7 Å². The van der Waals surface area contributed by atoms with E-state index in [1.165, 1.54) is 0 Å². The van der Waals surface area contributed by atoms with Crippen LogP contribution >= 0.6 is 0 Å². The number of carbonyl (C=O) groups excluding carboxylic acids is 1. The van der Waals surface area contributed by atoms with Crippen molar-refractivity contribution in [1.29, 1.82) is 0 Å². The number of ether oxygens (including phenoxy) is 3. The van der Waals surface area contributed by atoms with Crippen LogP contribution in [0, 0.1) is 0 Å². The number of pyridine rings is 1. The summed E-state index contributed by atoms with van der Waals surface area (Å²) < 4.78 is 16.8. The summed E-state index contributed by atoms with van der Waals surface area (Å²) in [5.41, 5.74) is 1.09. The van der Waals surface area contributed by atoms with Gasteiger partial charge in [0, 0.05) is 24.9 Å². The first kappa shape index (κ1) is 19.8. The van der Waals surface area contributed by atoms with Crippen LogP contribution in [0.1, 0.15) is 24.4 Å². The quantitative estimate of drug-likeness (QED) is 0.575. The third-order valence-electron chi connectivity index (χ3n) is 5.08. The van der Waals surface area contributed by atoms with E-state index in [1.807, 2.05) is 59.5 Å². The standard InChI is InChI=1S/C24H24N2O4/c1-28-19-8-4-7-18(15-19)22-11-6-14-26(22)24(27)17-29-20-9-5-10-21(16-20)30-23-12-2-3-13-25-23/h2-5,7-10,12-13,15-16,22H,6,11,14,17H2,1H3/t22-/m0/s1. The van der Waals surface area contributed by atoms with E-state index in [9.17, 15) is 4.79 Å². The number of likely N-dealkylation sites (tertiary alicyclic amines) is 1. The van der Waals surface area contributed by atoms with E-state index < -0.39 is 0 Å². The van der Waals surface area contributed by atoms with E-state index in [-0.39, 0.29) is 18.6 Å². The second-order valence-corrected chi connectivity index (χ2v) is 7.06. The fourth-order valence-corrected chi connectivity index (χ4v) is 3.64. The number of rotatable bonds is 7. The van der Waals surface area contributed by atoms with Gasteiger partial charge in [0.25, 0.3) is 5.91 Å². The van der Waals surface area contributed by atoms with E-state index in [2.05, 4.69) is 4.98 Å². The monoisotopic (exact) mass is 404 g/mol. The van der Waals surface area contributed by atoms with E-state index in [4.69, 9.17) is 14.2 Å². The van der Waals surface area contributed by atoms with Crippen molar-refractivity contribution in [2.75, 3.05) is 20.3 Å². The lowest BCUT2D eigenvalue weighted by molar-refractivity contribution is -0.134. The average molecular weight is 404 g/mol. The summed E-state index contributed by atoms with van der Waals surface area (Å²) in [4.78, 5) is 18.9. The summed E-state index contributed by atoms with van der Waals surface area (Å²) in [5, 5.41) is 0. The van der Waals surface area contributed by atoms with Crippen molar-refractivity contribution in [3.05, 3.63) is 78.5 Å². The Balaban J connectivity index is 1.38. The molecule has 2 aromatic carbocycles. The molecule has 6 nitrogen and oxygen atoms in total. The molecule has 1 aliphatic rings. The number of carbonyl (C=O) groups is 1. The molecule has 0 spiro atoms. The molecule has 30 heavy (non-hydrogen) atoms. The number of hydrogen-bond acceptors (Lipinski definition) is 5. The zero-order valence-corrected chi connectivity index (χ0v) is 16.9. The van der Waals surface area contributed by atoms with Gasteiger partial charge in [0.1, 0.15) is 17.2 Å². The summed E-state index contributed by atoms with van der Waals surface area (Å²) in [6.07, 6.45) is 3.58. The number of amides is 1. The minimum Gasteiger partial charge on any atom is -0.497 e. The molecule has 1 saturated heterocycles. The molecule has 1 aromatic heterocycles. The number of hydrogen-bond donors (Lipinski definition) is 0. The van der Waals surface area contributed by atoms with Crippen LogP contribution in [0.2, 0.25) is 0 Å². The van der Waals surface area contributed by atoms with E-state index >= 15 is 0 Å². The molecule has 0 saturated carbocycles. The maximum absolute atomic E-state index is 12.9. The summed E-state index contributed by atoms with van der Waals surface area (Å²) >= 11 is 0. The average Bonchev–Trinajstić information content (AvgIpc) is 3.29. The fraction of sp³-hybridized carbons (Fsp3) is 0.250. The minimum atomic E-state index is -0.0311. The number of methoxy groups -OCH3 is 1. The maximum Gasteiger partial charge on any atom is 0.261 e. The largest absolute Gasteiger partial charge is 0.497 e. The number of nitrogens with zero attached hydrogens (tertiary/aromatic N) is 2. The highest BCUT2D eigenvalue weighted by Gasteiger charge is 2.30. The van der Waals surface area contributed by atoms with Crippen LogP contribution in [0.3, 0.4) is 0 Å². The first-order valence-corrected chi connectivity index (χ1v) is 9.98. The van der Waals surface area contributed by atoms with Gasteiger partial charge in [-0.2, -0.15) is 0 Å². The van der Waals surface area contributed by atoms with Gasteiger partial charge >= 0.3 is 0 Å². The number of benzene rings is 2. The van der Waals surface area contributed by atoms with Crippen molar-refractivity contribution in [2.24, 2.45) is 0 Å². The molecular formula is C24H24N2O4. The van der Waals surface area contributed by atoms with E-state index in [1.54, 1.807) is 25.4 Å². The van der Waals surface area contributed by atoms with Crippen LogP contribution in [-0.2, 0) is 4.79 Å². The highest BCUT2D eigenvalue weighted by Crippen LogP contribution is 2.33. The Morgan fingerprint density at radius 3 is 2.70 bits per heavy atom. The highest BCUT2D eigenvalue weighted by atomic mass is 16.5. The molecule has 0 unspecified atom stereocenters. The summed E-state index contributed by atoms with van der Waals surface area (Å²) in [6, 6.07) is 20.6. The van der Waals surface area contributed by atoms with Crippen molar-refractivity contribution in [3.63, 3.8) is 0 Å². The van der Waals surface area contributed by atoms with Gasteiger partial charge in [0.05, 0.1) is 13.2 Å². The highest BCUT2D eigenvalue weighted by molar-refractivity contribution is 5.78. The number of aromatic nitrogens is 1. The van der Waals surface area contributed by atoms with Gasteiger partial charge in [0.15, 0.2) is 6.61 Å². The zero-order chi connectivity index (χ0) is 20.8. The van der Waals surface area contributed by atoms with Crippen molar-refractivity contribution < 1.29 is 19.0 Å². The maximum atomic E-state index is 12.9. The van der Waals surface area contributed by atoms with Gasteiger partial charge in [-0.05, 0) is 48.7 Å². The smallest absolute Gasteiger partial charge is 0.261 e. The van der Waals surface area contributed by atoms with Crippen molar-refractivity contribution in [3.8, 4) is 23.1 Å². The fourth-order valence-electron chi connectivity index (χ4n) is 3.64. The van der Waals surface area contributed by atoms with Crippen molar-refractivity contribution >= 4 is 5.91 Å². The van der Waals surface area contributed by atoms with Gasteiger partial charge in [0.2, 0.25) is 5.88 Å². The lowest BCUT2D eigenvalue weighted by Crippen LogP contribution is -2.34. The topological polar surface area (TPSA) is 60.9 Å². The van der Waals surface area contributed by atoms with Crippen LogP contribution in [-0.4, -0.2) is 36.1 Å². The molecular weight excluding hydrogens is 380 g/mol. The Labute approximate surface area is 176 Å². The predicted molar refractivity (Wildman–Crippen MR) is 113 cm³/mol. The molecule has 0 N–H and O–H groups in total. The Kier molecular flexibility index (Phi) is 6.13. The molecule has 2 heterocycles. The predicted octanol–water partition coefficient (Wildman–Crippen LogP) is 4.63. The first-order chi connectivity index (χ1) is 14.7. The van der Waals surface area contributed by atoms with Gasteiger partial charge in [-0.15, -0.1) is 0 Å². The molecule has 1 aliphatic heterocycles.